The maximum absolute atomic E-state index is 11.2. The highest BCUT2D eigenvalue weighted by molar-refractivity contribution is 8.02. The van der Waals surface area contributed by atoms with Crippen LogP contribution in [-0.4, -0.2) is 16.1 Å². The van der Waals surface area contributed by atoms with Crippen LogP contribution in [0.2, 0.25) is 0 Å². The first-order chi connectivity index (χ1) is 8.10. The molecule has 17 heavy (non-hydrogen) atoms. The zero-order chi connectivity index (χ0) is 12.4. The number of nitrogens with two attached hydrogens (primary N) is 2. The van der Waals surface area contributed by atoms with Crippen LogP contribution in [-0.2, 0) is 4.79 Å². The molecule has 0 fully saturated rings. The summed E-state index contributed by atoms with van der Waals surface area (Å²) in [5.74, 6) is -0.295. The summed E-state index contributed by atoms with van der Waals surface area (Å²) in [7, 11) is 0. The molecule has 0 bridgehead atoms. The molecule has 6 heteroatoms. The smallest absolute Gasteiger partial charge is 0.230 e. The number of carbonyl (C=O) groups is 1. The van der Waals surface area contributed by atoms with Gasteiger partial charge in [-0.15, -0.1) is 11.3 Å². The fourth-order valence-electron chi connectivity index (χ4n) is 1.43. The van der Waals surface area contributed by atoms with Crippen LogP contribution in [0.1, 0.15) is 13.3 Å². The van der Waals surface area contributed by atoms with E-state index in [2.05, 4.69) is 4.98 Å². The Balaban J connectivity index is 2.27. The highest BCUT2D eigenvalue weighted by Gasteiger charge is 2.16. The molecular formula is C11H13N3OS2. The van der Waals surface area contributed by atoms with E-state index in [1.165, 1.54) is 23.1 Å². The van der Waals surface area contributed by atoms with Crippen molar-refractivity contribution in [1.29, 1.82) is 0 Å². The molecule has 0 spiro atoms. The Kier molecular flexibility index (Phi) is 3.54. The van der Waals surface area contributed by atoms with Crippen molar-refractivity contribution in [2.45, 2.75) is 22.9 Å². The minimum atomic E-state index is -0.295. The Hall–Kier alpha value is -1.27. The van der Waals surface area contributed by atoms with Gasteiger partial charge >= 0.3 is 0 Å². The molecule has 0 aliphatic rings. The summed E-state index contributed by atoms with van der Waals surface area (Å²) in [6, 6.07) is 5.60. The van der Waals surface area contributed by atoms with Gasteiger partial charge in [0.2, 0.25) is 5.91 Å². The number of aromatic nitrogens is 1. The molecule has 0 aliphatic carbocycles. The molecule has 1 amide bonds. The number of amides is 1. The maximum atomic E-state index is 11.2. The van der Waals surface area contributed by atoms with E-state index in [0.29, 0.717) is 6.42 Å². The van der Waals surface area contributed by atoms with Gasteiger partial charge in [0.05, 0.1) is 15.5 Å². The van der Waals surface area contributed by atoms with Crippen molar-refractivity contribution in [3.8, 4) is 0 Å². The van der Waals surface area contributed by atoms with E-state index in [-0.39, 0.29) is 11.2 Å². The maximum Gasteiger partial charge on any atom is 0.230 e. The Morgan fingerprint density at radius 2 is 2.35 bits per heavy atom. The lowest BCUT2D eigenvalue weighted by Gasteiger charge is -2.06. The summed E-state index contributed by atoms with van der Waals surface area (Å²) in [5, 5.41) is -0.215. The van der Waals surface area contributed by atoms with Crippen LogP contribution in [0.25, 0.3) is 10.2 Å². The molecule has 90 valence electrons. The van der Waals surface area contributed by atoms with Crippen LogP contribution in [0.3, 0.4) is 0 Å². The van der Waals surface area contributed by atoms with E-state index in [1.54, 1.807) is 0 Å². The molecule has 0 saturated heterocycles. The van der Waals surface area contributed by atoms with Crippen LogP contribution >= 0.6 is 23.1 Å². The molecule has 1 atom stereocenters. The van der Waals surface area contributed by atoms with Crippen molar-refractivity contribution in [3.63, 3.8) is 0 Å². The van der Waals surface area contributed by atoms with Gasteiger partial charge in [-0.25, -0.2) is 4.98 Å². The third-order valence-electron chi connectivity index (χ3n) is 2.32. The summed E-state index contributed by atoms with van der Waals surface area (Å²) >= 11 is 2.96. The third kappa shape index (κ3) is 2.70. The van der Waals surface area contributed by atoms with Crippen molar-refractivity contribution < 1.29 is 4.79 Å². The number of primary amides is 1. The quantitative estimate of drug-likeness (QED) is 0.657. The molecule has 1 unspecified atom stereocenters. The minimum absolute atomic E-state index is 0.215. The molecule has 0 radical (unpaired) electrons. The lowest BCUT2D eigenvalue weighted by atomic mass is 10.3. The summed E-state index contributed by atoms with van der Waals surface area (Å²) in [6.45, 7) is 1.94. The average molecular weight is 267 g/mol. The molecular weight excluding hydrogens is 254 g/mol. The number of carbonyl (C=O) groups excluding carboxylic acids is 1. The number of anilines is 1. The summed E-state index contributed by atoms with van der Waals surface area (Å²) in [6.07, 6.45) is 0.706. The Bertz CT molecular complexity index is 553. The van der Waals surface area contributed by atoms with E-state index in [1.807, 2.05) is 25.1 Å². The number of hydrogen-bond acceptors (Lipinski definition) is 5. The lowest BCUT2D eigenvalue weighted by molar-refractivity contribution is -0.117. The largest absolute Gasteiger partial charge is 0.399 e. The van der Waals surface area contributed by atoms with Gasteiger partial charge in [0.25, 0.3) is 0 Å². The summed E-state index contributed by atoms with van der Waals surface area (Å²) in [4.78, 5) is 15.6. The predicted molar refractivity (Wildman–Crippen MR) is 73.2 cm³/mol. The van der Waals surface area contributed by atoms with Gasteiger partial charge in [-0.05, 0) is 24.6 Å². The van der Waals surface area contributed by atoms with E-state index in [9.17, 15) is 4.79 Å². The molecule has 2 rings (SSSR count). The van der Waals surface area contributed by atoms with Crippen molar-refractivity contribution >= 4 is 44.9 Å². The SMILES string of the molecule is CCC(Sc1nc2ccc(N)cc2s1)C(N)=O. The van der Waals surface area contributed by atoms with Crippen molar-refractivity contribution in [2.75, 3.05) is 5.73 Å². The number of thioether (sulfide) groups is 1. The molecule has 0 saturated carbocycles. The number of benzene rings is 1. The zero-order valence-corrected chi connectivity index (χ0v) is 11.0. The molecule has 1 heterocycles. The van der Waals surface area contributed by atoms with Gasteiger partial charge < -0.3 is 11.5 Å². The first kappa shape index (κ1) is 12.2. The molecule has 4 N–H and O–H groups in total. The highest BCUT2D eigenvalue weighted by Crippen LogP contribution is 2.33. The molecule has 1 aromatic carbocycles. The zero-order valence-electron chi connectivity index (χ0n) is 9.34. The van der Waals surface area contributed by atoms with Crippen molar-refractivity contribution in [2.24, 2.45) is 5.73 Å². The molecule has 2 aromatic rings. The average Bonchev–Trinajstić information content (AvgIpc) is 2.66. The van der Waals surface area contributed by atoms with Crippen LogP contribution in [0.5, 0.6) is 0 Å². The highest BCUT2D eigenvalue weighted by atomic mass is 32.2. The number of hydrogen-bond donors (Lipinski definition) is 2. The van der Waals surface area contributed by atoms with Crippen LogP contribution in [0, 0.1) is 0 Å². The Morgan fingerprint density at radius 1 is 1.59 bits per heavy atom. The van der Waals surface area contributed by atoms with Crippen LogP contribution in [0.15, 0.2) is 22.5 Å². The van der Waals surface area contributed by atoms with Crippen molar-refractivity contribution in [3.05, 3.63) is 18.2 Å². The second-order valence-electron chi connectivity index (χ2n) is 3.62. The van der Waals surface area contributed by atoms with Crippen molar-refractivity contribution in [1.82, 2.24) is 4.98 Å². The van der Waals surface area contributed by atoms with Gasteiger partial charge in [-0.2, -0.15) is 0 Å². The standard InChI is InChI=1S/C11H13N3OS2/c1-2-8(10(13)15)16-11-14-7-4-3-6(12)5-9(7)17-11/h3-5,8H,2,12H2,1H3,(H2,13,15). The second kappa shape index (κ2) is 4.93. The number of nitrogen functional groups attached to an aromatic ring is 1. The molecule has 1 aromatic heterocycles. The number of thiazole rings is 1. The Labute approximate surface area is 107 Å². The Morgan fingerprint density at radius 3 is 3.00 bits per heavy atom. The number of fused-ring (bicyclic) bond motifs is 1. The third-order valence-corrected chi connectivity index (χ3v) is 4.82. The van der Waals surface area contributed by atoms with Gasteiger partial charge in [-0.3, -0.25) is 4.79 Å². The molecule has 4 nitrogen and oxygen atoms in total. The second-order valence-corrected chi connectivity index (χ2v) is 6.10. The monoisotopic (exact) mass is 267 g/mol. The minimum Gasteiger partial charge on any atom is -0.399 e. The first-order valence-corrected chi connectivity index (χ1v) is 6.91. The summed E-state index contributed by atoms with van der Waals surface area (Å²) in [5.41, 5.74) is 12.6. The fraction of sp³-hybridized carbons (Fsp3) is 0.273. The summed E-state index contributed by atoms with van der Waals surface area (Å²) < 4.78 is 1.89. The number of nitrogens with zero attached hydrogens (tertiary/aromatic N) is 1. The number of rotatable bonds is 4. The molecule has 0 aliphatic heterocycles. The van der Waals surface area contributed by atoms with Gasteiger partial charge in [0.15, 0.2) is 4.34 Å². The lowest BCUT2D eigenvalue weighted by Crippen LogP contribution is -2.24. The topological polar surface area (TPSA) is 82.0 Å². The predicted octanol–water partition coefficient (Wildman–Crippen LogP) is 2.23. The van der Waals surface area contributed by atoms with E-state index in [4.69, 9.17) is 11.5 Å². The van der Waals surface area contributed by atoms with Gasteiger partial charge in [0, 0.05) is 5.69 Å². The van der Waals surface area contributed by atoms with Gasteiger partial charge in [0.1, 0.15) is 0 Å². The van der Waals surface area contributed by atoms with Crippen LogP contribution < -0.4 is 11.5 Å². The van der Waals surface area contributed by atoms with Crippen LogP contribution in [0.4, 0.5) is 5.69 Å². The van der Waals surface area contributed by atoms with E-state index < -0.39 is 0 Å². The van der Waals surface area contributed by atoms with E-state index in [0.717, 1.165) is 20.2 Å². The van der Waals surface area contributed by atoms with E-state index >= 15 is 0 Å². The van der Waals surface area contributed by atoms with Gasteiger partial charge in [-0.1, -0.05) is 18.7 Å². The fourth-order valence-corrected chi connectivity index (χ4v) is 3.67. The first-order valence-electron chi connectivity index (χ1n) is 5.22. The normalized spacial score (nSPS) is 12.8.